The van der Waals surface area contributed by atoms with Crippen molar-refractivity contribution in [2.24, 2.45) is 27.6 Å². The molecule has 0 aromatic carbocycles. The summed E-state index contributed by atoms with van der Waals surface area (Å²) in [5, 5.41) is 0.152. The van der Waals surface area contributed by atoms with Crippen molar-refractivity contribution in [3.05, 3.63) is 11.6 Å². The van der Waals surface area contributed by atoms with Gasteiger partial charge in [0.15, 0.2) is 22.4 Å². The molecule has 4 fully saturated rings. The number of carbonyl (C=O) groups is 1. The van der Waals surface area contributed by atoms with Crippen molar-refractivity contribution in [3.63, 3.8) is 0 Å². The fourth-order valence-electron chi connectivity index (χ4n) is 11.7. The molecule has 0 aromatic heterocycles. The number of carbonyl (C=O) groups excluding carboxylic acids is 1. The molecule has 4 saturated carbocycles. The van der Waals surface area contributed by atoms with Crippen LogP contribution in [0.5, 0.6) is 0 Å². The number of allylic oxidation sites excluding steroid dienone is 1. The van der Waals surface area contributed by atoms with Crippen LogP contribution in [0.1, 0.15) is 107 Å². The SMILES string of the molecule is CC[Si](CC)(CC)O[C@@H]1CC[C@@]23C[C@]2([Si](C)(C)C)C(=O)C=C3[C@]12CC[C@H]1C(C)(C)[C@@H](O[Si](C)(C)C(C)(C)C)CC[C@@]12C. The van der Waals surface area contributed by atoms with Crippen LogP contribution in [0, 0.1) is 27.6 Å². The van der Waals surface area contributed by atoms with E-state index in [4.69, 9.17) is 8.85 Å². The smallest absolute Gasteiger partial charge is 0.192 e. The third kappa shape index (κ3) is 4.02. The van der Waals surface area contributed by atoms with Crippen LogP contribution in [0.25, 0.3) is 0 Å². The van der Waals surface area contributed by atoms with Crippen molar-refractivity contribution in [1.82, 2.24) is 0 Å². The molecule has 0 N–H and O–H groups in total. The van der Waals surface area contributed by atoms with Gasteiger partial charge in [-0.15, -0.1) is 0 Å². The molecule has 0 aromatic rings. The molecule has 0 saturated heterocycles. The molecule has 2 spiro atoms. The summed E-state index contributed by atoms with van der Waals surface area (Å²) in [7, 11) is -5.45. The maximum atomic E-state index is 14.3. The van der Waals surface area contributed by atoms with Gasteiger partial charge in [0, 0.05) is 15.9 Å². The van der Waals surface area contributed by atoms with Crippen LogP contribution < -0.4 is 0 Å². The Hall–Kier alpha value is -0.0194. The van der Waals surface area contributed by atoms with Gasteiger partial charge in [0.1, 0.15) is 0 Å². The molecule has 0 amide bonds. The van der Waals surface area contributed by atoms with E-state index < -0.39 is 24.7 Å². The minimum absolute atomic E-state index is 0.0134. The second kappa shape index (κ2) is 9.75. The molecule has 0 bridgehead atoms. The van der Waals surface area contributed by atoms with Gasteiger partial charge in [0.05, 0.1) is 20.3 Å². The summed E-state index contributed by atoms with van der Waals surface area (Å²) < 4.78 is 15.0. The highest BCUT2D eigenvalue weighted by molar-refractivity contribution is 6.84. The molecule has 0 unspecified atom stereocenters. The van der Waals surface area contributed by atoms with Gasteiger partial charge in [-0.3, -0.25) is 4.79 Å². The molecular weight excluding hydrogens is 565 g/mol. The Morgan fingerprint density at radius 1 is 0.833 bits per heavy atom. The summed E-state index contributed by atoms with van der Waals surface area (Å²) in [6.45, 7) is 34.3. The van der Waals surface area contributed by atoms with Crippen LogP contribution in [0.3, 0.4) is 0 Å². The fourth-order valence-corrected chi connectivity index (χ4v) is 19.4. The number of hydrogen-bond donors (Lipinski definition) is 0. The van der Waals surface area contributed by atoms with Crippen LogP contribution in [0.15, 0.2) is 11.6 Å². The molecule has 0 radical (unpaired) electrons. The van der Waals surface area contributed by atoms with E-state index in [0.717, 1.165) is 19.3 Å². The number of fused-ring (bicyclic) bond motifs is 3. The van der Waals surface area contributed by atoms with Crippen LogP contribution in [-0.4, -0.2) is 42.7 Å². The Bertz CT molecular complexity index is 1130. The lowest BCUT2D eigenvalue weighted by Gasteiger charge is -2.63. The lowest BCUT2D eigenvalue weighted by molar-refractivity contribution is -0.136. The molecule has 5 aliphatic carbocycles. The van der Waals surface area contributed by atoms with Crippen molar-refractivity contribution in [3.8, 4) is 0 Å². The van der Waals surface area contributed by atoms with Crippen molar-refractivity contribution < 1.29 is 13.6 Å². The molecular formula is C36H66O3Si3. The second-order valence-electron chi connectivity index (χ2n) is 18.9. The molecule has 7 atom stereocenters. The average molecular weight is 631 g/mol. The van der Waals surface area contributed by atoms with Gasteiger partial charge in [-0.05, 0) is 104 Å². The van der Waals surface area contributed by atoms with E-state index in [0.29, 0.717) is 17.8 Å². The quantitative estimate of drug-likeness (QED) is 0.250. The highest BCUT2D eigenvalue weighted by Crippen LogP contribution is 2.89. The largest absolute Gasteiger partial charge is 0.413 e. The summed E-state index contributed by atoms with van der Waals surface area (Å²) in [5.74, 6) is 1.08. The Labute approximate surface area is 263 Å². The summed E-state index contributed by atoms with van der Waals surface area (Å²) in [6, 6.07) is 3.59. The third-order valence-electron chi connectivity index (χ3n) is 15.5. The van der Waals surface area contributed by atoms with Crippen LogP contribution in [0.2, 0.25) is 60.9 Å². The van der Waals surface area contributed by atoms with E-state index in [2.05, 4.69) is 101 Å². The van der Waals surface area contributed by atoms with E-state index in [9.17, 15) is 4.79 Å². The van der Waals surface area contributed by atoms with Gasteiger partial charge in [0.2, 0.25) is 0 Å². The van der Waals surface area contributed by atoms with E-state index in [1.807, 2.05) is 0 Å². The number of rotatable bonds is 8. The van der Waals surface area contributed by atoms with Crippen molar-refractivity contribution in [2.75, 3.05) is 0 Å². The Morgan fingerprint density at radius 2 is 1.40 bits per heavy atom. The lowest BCUT2D eigenvalue weighted by atomic mass is 9.45. The van der Waals surface area contributed by atoms with Crippen molar-refractivity contribution >= 4 is 30.5 Å². The van der Waals surface area contributed by atoms with E-state index >= 15 is 0 Å². The molecule has 0 heterocycles. The van der Waals surface area contributed by atoms with Gasteiger partial charge < -0.3 is 8.85 Å². The molecule has 3 nitrogen and oxygen atoms in total. The zero-order valence-corrected chi connectivity index (χ0v) is 33.1. The number of hydrogen-bond acceptors (Lipinski definition) is 3. The standard InChI is InChI=1S/C36H66O3Si3/c1-15-42(16-2,17-3)39-30-20-22-34-25-36(34,40(10,11)12)28(37)24-27(34)35(30)23-18-26-32(7,8)29(19-21-33(26,35)9)38-41(13,14)31(4,5)6/h24,26,29-30H,15-23,25H2,1-14H3/t26-,29-,30+,33-,34-,35+,36-/m0/s1. The summed E-state index contributed by atoms with van der Waals surface area (Å²) in [6.07, 6.45) is 11.0. The van der Waals surface area contributed by atoms with E-state index in [-0.39, 0.29) is 37.8 Å². The monoisotopic (exact) mass is 630 g/mol. The summed E-state index contributed by atoms with van der Waals surface area (Å²) in [5.41, 5.74) is 1.93. The first kappa shape index (κ1) is 33.3. The predicted octanol–water partition coefficient (Wildman–Crippen LogP) is 10.8. The third-order valence-corrected chi connectivity index (χ3v) is 28.1. The topological polar surface area (TPSA) is 35.5 Å². The molecule has 42 heavy (non-hydrogen) atoms. The highest BCUT2D eigenvalue weighted by Gasteiger charge is 2.85. The minimum Gasteiger partial charge on any atom is -0.413 e. The van der Waals surface area contributed by atoms with Crippen molar-refractivity contribution in [2.45, 2.75) is 180 Å². The highest BCUT2D eigenvalue weighted by atomic mass is 28.4. The first-order valence-electron chi connectivity index (χ1n) is 17.7. The molecule has 240 valence electrons. The first-order chi connectivity index (χ1) is 19.1. The predicted molar refractivity (Wildman–Crippen MR) is 186 cm³/mol. The minimum atomic E-state index is -1.89. The maximum Gasteiger partial charge on any atom is 0.192 e. The fraction of sp³-hybridized carbons (Fsp3) is 0.917. The Kier molecular flexibility index (Phi) is 7.74. The zero-order chi connectivity index (χ0) is 31.6. The van der Waals surface area contributed by atoms with Gasteiger partial charge >= 0.3 is 0 Å². The van der Waals surface area contributed by atoms with Crippen LogP contribution >= 0.6 is 0 Å². The average Bonchev–Trinajstić information content (AvgIpc) is 3.37. The molecule has 6 heteroatoms. The Balaban J connectivity index is 1.62. The van der Waals surface area contributed by atoms with Gasteiger partial charge in [-0.1, -0.05) is 87.5 Å². The van der Waals surface area contributed by atoms with E-state index in [1.54, 1.807) is 5.57 Å². The summed E-state index contributed by atoms with van der Waals surface area (Å²) in [4.78, 5) is 14.3. The zero-order valence-electron chi connectivity index (χ0n) is 30.1. The van der Waals surface area contributed by atoms with Gasteiger partial charge in [-0.2, -0.15) is 0 Å². The maximum absolute atomic E-state index is 14.3. The summed E-state index contributed by atoms with van der Waals surface area (Å²) >= 11 is 0. The molecule has 5 aliphatic rings. The Morgan fingerprint density at radius 3 is 1.90 bits per heavy atom. The molecule has 0 aliphatic heterocycles. The number of ketones is 1. The van der Waals surface area contributed by atoms with Crippen LogP contribution in [-0.2, 0) is 13.6 Å². The van der Waals surface area contributed by atoms with E-state index in [1.165, 1.54) is 43.8 Å². The van der Waals surface area contributed by atoms with Gasteiger partial charge in [-0.25, -0.2) is 0 Å². The van der Waals surface area contributed by atoms with Crippen LogP contribution in [0.4, 0.5) is 0 Å². The van der Waals surface area contributed by atoms with Crippen molar-refractivity contribution in [1.29, 1.82) is 0 Å². The second-order valence-corrected chi connectivity index (χ2v) is 33.8. The van der Waals surface area contributed by atoms with Gasteiger partial charge in [0.25, 0.3) is 0 Å². The lowest BCUT2D eigenvalue weighted by Crippen LogP contribution is -2.62. The molecule has 5 rings (SSSR count). The first-order valence-corrected chi connectivity index (χ1v) is 26.7. The normalized spacial score (nSPS) is 41.4.